The van der Waals surface area contributed by atoms with E-state index >= 15 is 0 Å². The third-order valence-corrected chi connectivity index (χ3v) is 8.37. The lowest BCUT2D eigenvalue weighted by molar-refractivity contribution is 0.102. The maximum absolute atomic E-state index is 13.2. The van der Waals surface area contributed by atoms with Crippen LogP contribution in [0.5, 0.6) is 0 Å². The van der Waals surface area contributed by atoms with Gasteiger partial charge in [-0.3, -0.25) is 10.1 Å². The summed E-state index contributed by atoms with van der Waals surface area (Å²) in [5.74, 6) is -0.485. The number of rotatable bonds is 5. The number of nitrogens with zero attached hydrogens (tertiary/aromatic N) is 2. The lowest BCUT2D eigenvalue weighted by Crippen LogP contribution is -2.36. The Kier molecular flexibility index (Phi) is 5.54. The van der Waals surface area contributed by atoms with Gasteiger partial charge in [0.05, 0.1) is 16.2 Å². The standard InChI is InChI=1S/C23H22N4O3S2/c28-22(17-9-3-5-11-21(17)32(29,30)27-12-6-1-7-13-27)26-23-25-20(15-31-23)18-14-24-19-10-4-2-8-16(18)19/h2-5,8-11,14-15,24H,1,6-7,12-13H2,(H,25,26,28). The Morgan fingerprint density at radius 3 is 2.62 bits per heavy atom. The third kappa shape index (κ3) is 3.83. The first-order valence-corrected chi connectivity index (χ1v) is 12.8. The van der Waals surface area contributed by atoms with E-state index in [1.54, 1.807) is 18.2 Å². The highest BCUT2D eigenvalue weighted by atomic mass is 32.2. The Labute approximate surface area is 190 Å². The van der Waals surface area contributed by atoms with Gasteiger partial charge in [-0.1, -0.05) is 36.8 Å². The molecule has 1 fully saturated rings. The predicted octanol–water partition coefficient (Wildman–Crippen LogP) is 4.72. The number of piperidine rings is 1. The Balaban J connectivity index is 1.41. The van der Waals surface area contributed by atoms with Crippen LogP contribution in [0.25, 0.3) is 22.2 Å². The number of aromatic nitrogens is 2. The molecule has 0 aliphatic carbocycles. The molecule has 1 saturated heterocycles. The molecule has 0 bridgehead atoms. The van der Waals surface area contributed by atoms with Crippen molar-refractivity contribution in [1.29, 1.82) is 0 Å². The van der Waals surface area contributed by atoms with Crippen molar-refractivity contribution in [2.75, 3.05) is 18.4 Å². The van der Waals surface area contributed by atoms with Crippen molar-refractivity contribution in [3.8, 4) is 11.3 Å². The van der Waals surface area contributed by atoms with Crippen molar-refractivity contribution >= 4 is 43.3 Å². The molecule has 164 valence electrons. The van der Waals surface area contributed by atoms with E-state index in [9.17, 15) is 13.2 Å². The first-order chi connectivity index (χ1) is 15.5. The summed E-state index contributed by atoms with van der Waals surface area (Å²) in [5.41, 5.74) is 2.84. The Morgan fingerprint density at radius 1 is 1.03 bits per heavy atom. The fourth-order valence-corrected chi connectivity index (χ4v) is 6.44. The summed E-state index contributed by atoms with van der Waals surface area (Å²) in [4.78, 5) is 20.9. The smallest absolute Gasteiger partial charge is 0.258 e. The number of hydrogen-bond donors (Lipinski definition) is 2. The highest BCUT2D eigenvalue weighted by Crippen LogP contribution is 2.31. The molecule has 0 atom stereocenters. The zero-order valence-corrected chi connectivity index (χ0v) is 18.9. The van der Waals surface area contributed by atoms with Crippen LogP contribution < -0.4 is 5.32 Å². The van der Waals surface area contributed by atoms with Gasteiger partial charge in [0.1, 0.15) is 0 Å². The number of H-pyrrole nitrogens is 1. The van der Waals surface area contributed by atoms with Crippen LogP contribution in [0.2, 0.25) is 0 Å². The van der Waals surface area contributed by atoms with Gasteiger partial charge in [0, 0.05) is 41.1 Å². The molecular formula is C23H22N4O3S2. The topological polar surface area (TPSA) is 95.2 Å². The van der Waals surface area contributed by atoms with Crippen LogP contribution in [0, 0.1) is 0 Å². The number of amides is 1. The molecule has 0 spiro atoms. The SMILES string of the molecule is O=C(Nc1nc(-c2c[nH]c3ccccc23)cs1)c1ccccc1S(=O)(=O)N1CCCCC1. The number of sulfonamides is 1. The number of benzene rings is 2. The van der Waals surface area contributed by atoms with Gasteiger partial charge in [0.25, 0.3) is 5.91 Å². The second kappa shape index (κ2) is 8.50. The fraction of sp³-hybridized carbons (Fsp3) is 0.217. The Bertz CT molecular complexity index is 1390. The molecule has 1 aliphatic heterocycles. The zero-order valence-electron chi connectivity index (χ0n) is 17.2. The number of aromatic amines is 1. The molecule has 2 aromatic carbocycles. The fourth-order valence-electron chi connectivity index (χ4n) is 4.03. The van der Waals surface area contributed by atoms with E-state index in [4.69, 9.17) is 0 Å². The third-order valence-electron chi connectivity index (χ3n) is 5.65. The van der Waals surface area contributed by atoms with Crippen LogP contribution in [0.1, 0.15) is 29.6 Å². The highest BCUT2D eigenvalue weighted by Gasteiger charge is 2.30. The van der Waals surface area contributed by atoms with E-state index < -0.39 is 15.9 Å². The lowest BCUT2D eigenvalue weighted by Gasteiger charge is -2.26. The molecule has 4 aromatic rings. The molecule has 5 rings (SSSR count). The number of thiazole rings is 1. The van der Waals surface area contributed by atoms with Crippen LogP contribution in [0.15, 0.2) is 65.0 Å². The molecule has 1 amide bonds. The minimum absolute atomic E-state index is 0.0350. The van der Waals surface area contributed by atoms with Gasteiger partial charge in [0.2, 0.25) is 10.0 Å². The van der Waals surface area contributed by atoms with Gasteiger partial charge in [-0.2, -0.15) is 4.31 Å². The summed E-state index contributed by atoms with van der Waals surface area (Å²) in [6.07, 6.45) is 4.59. The molecule has 1 aliphatic rings. The summed E-state index contributed by atoms with van der Waals surface area (Å²) in [7, 11) is -3.73. The summed E-state index contributed by atoms with van der Waals surface area (Å²) in [6, 6.07) is 14.3. The van der Waals surface area contributed by atoms with Crippen molar-refractivity contribution in [2.45, 2.75) is 24.2 Å². The summed E-state index contributed by atoms with van der Waals surface area (Å²) in [5, 5.41) is 6.12. The van der Waals surface area contributed by atoms with E-state index in [-0.39, 0.29) is 10.5 Å². The van der Waals surface area contributed by atoms with Crippen LogP contribution in [0.4, 0.5) is 5.13 Å². The van der Waals surface area contributed by atoms with Crippen molar-refractivity contribution in [2.24, 2.45) is 0 Å². The maximum atomic E-state index is 13.2. The van der Waals surface area contributed by atoms with Gasteiger partial charge in [-0.15, -0.1) is 11.3 Å². The minimum Gasteiger partial charge on any atom is -0.360 e. The molecule has 2 aromatic heterocycles. The Morgan fingerprint density at radius 2 is 1.78 bits per heavy atom. The van der Waals surface area contributed by atoms with Crippen LogP contribution in [-0.4, -0.2) is 41.7 Å². The number of anilines is 1. The molecular weight excluding hydrogens is 444 g/mol. The van der Waals surface area contributed by atoms with Crippen molar-refractivity contribution in [3.63, 3.8) is 0 Å². The average Bonchev–Trinajstić information content (AvgIpc) is 3.46. The van der Waals surface area contributed by atoms with E-state index in [1.807, 2.05) is 35.8 Å². The minimum atomic E-state index is -3.73. The summed E-state index contributed by atoms with van der Waals surface area (Å²) >= 11 is 1.30. The van der Waals surface area contributed by atoms with Gasteiger partial charge in [-0.05, 0) is 31.0 Å². The molecule has 0 unspecified atom stereocenters. The number of para-hydroxylation sites is 1. The molecule has 0 saturated carbocycles. The van der Waals surface area contributed by atoms with E-state index in [2.05, 4.69) is 15.3 Å². The number of nitrogens with one attached hydrogen (secondary N) is 2. The quantitative estimate of drug-likeness (QED) is 0.445. The number of carbonyl (C=O) groups is 1. The van der Waals surface area contributed by atoms with Crippen LogP contribution in [-0.2, 0) is 10.0 Å². The number of carbonyl (C=O) groups excluding carboxylic acids is 1. The summed E-state index contributed by atoms with van der Waals surface area (Å²) < 4.78 is 27.8. The van der Waals surface area contributed by atoms with Crippen molar-refractivity contribution in [1.82, 2.24) is 14.3 Å². The molecule has 0 radical (unpaired) electrons. The average molecular weight is 467 g/mol. The van der Waals surface area contributed by atoms with Crippen molar-refractivity contribution < 1.29 is 13.2 Å². The molecule has 32 heavy (non-hydrogen) atoms. The van der Waals surface area contributed by atoms with Gasteiger partial charge in [-0.25, -0.2) is 13.4 Å². The van der Waals surface area contributed by atoms with Crippen LogP contribution >= 0.6 is 11.3 Å². The van der Waals surface area contributed by atoms with Crippen molar-refractivity contribution in [3.05, 3.63) is 65.7 Å². The zero-order chi connectivity index (χ0) is 22.1. The summed E-state index contributed by atoms with van der Waals surface area (Å²) in [6.45, 7) is 0.970. The normalized spacial score (nSPS) is 15.1. The predicted molar refractivity (Wildman–Crippen MR) is 126 cm³/mol. The largest absolute Gasteiger partial charge is 0.360 e. The van der Waals surface area contributed by atoms with Crippen LogP contribution in [0.3, 0.4) is 0 Å². The first-order valence-electron chi connectivity index (χ1n) is 10.5. The highest BCUT2D eigenvalue weighted by molar-refractivity contribution is 7.89. The second-order valence-electron chi connectivity index (χ2n) is 7.70. The molecule has 3 heterocycles. The molecule has 2 N–H and O–H groups in total. The Hall–Kier alpha value is -3.01. The van der Waals surface area contributed by atoms with E-state index in [0.29, 0.717) is 18.2 Å². The van der Waals surface area contributed by atoms with Gasteiger partial charge in [0.15, 0.2) is 5.13 Å². The maximum Gasteiger partial charge on any atom is 0.258 e. The van der Waals surface area contributed by atoms with Gasteiger partial charge < -0.3 is 4.98 Å². The van der Waals surface area contributed by atoms with E-state index in [1.165, 1.54) is 21.7 Å². The van der Waals surface area contributed by atoms with E-state index in [0.717, 1.165) is 41.4 Å². The number of fused-ring (bicyclic) bond motifs is 1. The monoisotopic (exact) mass is 466 g/mol. The molecule has 7 nitrogen and oxygen atoms in total. The first kappa shape index (κ1) is 20.9. The lowest BCUT2D eigenvalue weighted by atomic mass is 10.1. The van der Waals surface area contributed by atoms with Gasteiger partial charge >= 0.3 is 0 Å². The molecule has 9 heteroatoms. The second-order valence-corrected chi connectivity index (χ2v) is 10.5. The number of hydrogen-bond acceptors (Lipinski definition) is 5.